The average Bonchev–Trinajstić information content (AvgIpc) is 2.17. The number of benzene rings is 1. The maximum atomic E-state index is 12.8. The molecule has 0 N–H and O–H groups in total. The number of fused-ring (bicyclic) bond motifs is 1. The SMILES string of the molecule is C#Cc1ccc2cc(F)ccc2n1. The number of halogens is 1. The van der Waals surface area contributed by atoms with Gasteiger partial charge in [-0.3, -0.25) is 0 Å². The van der Waals surface area contributed by atoms with E-state index < -0.39 is 0 Å². The summed E-state index contributed by atoms with van der Waals surface area (Å²) in [6.45, 7) is 0. The molecule has 0 aliphatic heterocycles. The third kappa shape index (κ3) is 1.36. The van der Waals surface area contributed by atoms with Crippen LogP contribution < -0.4 is 0 Å². The largest absolute Gasteiger partial charge is 0.239 e. The van der Waals surface area contributed by atoms with Crippen LogP contribution in [-0.2, 0) is 0 Å². The van der Waals surface area contributed by atoms with Crippen molar-refractivity contribution in [2.24, 2.45) is 0 Å². The second kappa shape index (κ2) is 2.87. The molecule has 1 aromatic heterocycles. The van der Waals surface area contributed by atoms with Crippen molar-refractivity contribution >= 4 is 10.9 Å². The quantitative estimate of drug-likeness (QED) is 0.554. The Morgan fingerprint density at radius 2 is 2.08 bits per heavy atom. The number of terminal acetylenes is 1. The van der Waals surface area contributed by atoms with Crippen LogP contribution in [0.4, 0.5) is 4.39 Å². The zero-order valence-electron chi connectivity index (χ0n) is 6.79. The molecular formula is C11H6FN. The monoisotopic (exact) mass is 171 g/mol. The van der Waals surface area contributed by atoms with Gasteiger partial charge in [0.2, 0.25) is 0 Å². The molecule has 62 valence electrons. The van der Waals surface area contributed by atoms with Gasteiger partial charge in [0.05, 0.1) is 5.52 Å². The molecule has 0 radical (unpaired) electrons. The van der Waals surface area contributed by atoms with E-state index in [0.29, 0.717) is 5.69 Å². The molecule has 0 bridgehead atoms. The molecule has 1 aromatic carbocycles. The van der Waals surface area contributed by atoms with E-state index in [1.807, 2.05) is 0 Å². The molecule has 0 unspecified atom stereocenters. The van der Waals surface area contributed by atoms with E-state index in [0.717, 1.165) is 10.9 Å². The molecule has 0 spiro atoms. The highest BCUT2D eigenvalue weighted by Gasteiger charge is 1.97. The summed E-state index contributed by atoms with van der Waals surface area (Å²) in [5, 5.41) is 0.763. The predicted octanol–water partition coefficient (Wildman–Crippen LogP) is 2.36. The molecule has 0 fully saturated rings. The van der Waals surface area contributed by atoms with Gasteiger partial charge in [-0.1, -0.05) is 5.92 Å². The first-order chi connectivity index (χ1) is 6.29. The fraction of sp³-hybridized carbons (Fsp3) is 0. The number of aromatic nitrogens is 1. The molecule has 2 heteroatoms. The Morgan fingerprint density at radius 1 is 1.23 bits per heavy atom. The highest BCUT2D eigenvalue weighted by molar-refractivity contribution is 5.78. The van der Waals surface area contributed by atoms with Gasteiger partial charge in [-0.2, -0.15) is 0 Å². The van der Waals surface area contributed by atoms with Crippen LogP contribution in [0, 0.1) is 18.2 Å². The minimum atomic E-state index is -0.261. The molecule has 2 aromatic rings. The van der Waals surface area contributed by atoms with Gasteiger partial charge in [0.15, 0.2) is 0 Å². The van der Waals surface area contributed by atoms with E-state index in [9.17, 15) is 4.39 Å². The topological polar surface area (TPSA) is 12.9 Å². The molecule has 0 atom stereocenters. The standard InChI is InChI=1S/C11H6FN/c1-2-10-5-3-8-7-9(12)4-6-11(8)13-10/h1,3-7H. The van der Waals surface area contributed by atoms with Crippen LogP contribution in [0.2, 0.25) is 0 Å². The maximum Gasteiger partial charge on any atom is 0.123 e. The van der Waals surface area contributed by atoms with Crippen molar-refractivity contribution in [1.82, 2.24) is 4.98 Å². The lowest BCUT2D eigenvalue weighted by Gasteiger charge is -1.97. The zero-order valence-corrected chi connectivity index (χ0v) is 6.79. The molecule has 0 saturated heterocycles. The second-order valence-corrected chi connectivity index (χ2v) is 2.68. The third-order valence-electron chi connectivity index (χ3n) is 1.80. The van der Waals surface area contributed by atoms with E-state index in [1.165, 1.54) is 12.1 Å². The van der Waals surface area contributed by atoms with Gasteiger partial charge in [-0.15, -0.1) is 6.42 Å². The predicted molar refractivity (Wildman–Crippen MR) is 49.6 cm³/mol. The van der Waals surface area contributed by atoms with Crippen molar-refractivity contribution in [3.05, 3.63) is 41.8 Å². The number of nitrogens with zero attached hydrogens (tertiary/aromatic N) is 1. The second-order valence-electron chi connectivity index (χ2n) is 2.68. The van der Waals surface area contributed by atoms with Gasteiger partial charge in [-0.05, 0) is 30.3 Å². The van der Waals surface area contributed by atoms with Crippen LogP contribution in [0.3, 0.4) is 0 Å². The number of hydrogen-bond acceptors (Lipinski definition) is 1. The van der Waals surface area contributed by atoms with E-state index in [4.69, 9.17) is 6.42 Å². The van der Waals surface area contributed by atoms with Gasteiger partial charge >= 0.3 is 0 Å². The van der Waals surface area contributed by atoms with Crippen LogP contribution in [0.5, 0.6) is 0 Å². The Hall–Kier alpha value is -1.88. The van der Waals surface area contributed by atoms with Crippen molar-refractivity contribution < 1.29 is 4.39 Å². The number of rotatable bonds is 0. The molecule has 1 heterocycles. The number of pyridine rings is 1. The maximum absolute atomic E-state index is 12.8. The summed E-state index contributed by atoms with van der Waals surface area (Å²) in [4.78, 5) is 4.13. The molecule has 13 heavy (non-hydrogen) atoms. The van der Waals surface area contributed by atoms with E-state index in [-0.39, 0.29) is 5.82 Å². The Morgan fingerprint density at radius 3 is 2.85 bits per heavy atom. The first-order valence-electron chi connectivity index (χ1n) is 3.82. The molecule has 0 saturated carbocycles. The molecule has 0 aliphatic rings. The molecule has 1 nitrogen and oxygen atoms in total. The summed E-state index contributed by atoms with van der Waals surface area (Å²) in [5.41, 5.74) is 1.29. The smallest absolute Gasteiger partial charge is 0.123 e. The molecule has 0 aliphatic carbocycles. The van der Waals surface area contributed by atoms with Crippen molar-refractivity contribution in [3.63, 3.8) is 0 Å². The van der Waals surface area contributed by atoms with Crippen molar-refractivity contribution in [3.8, 4) is 12.3 Å². The van der Waals surface area contributed by atoms with Gasteiger partial charge in [0, 0.05) is 5.39 Å². The Balaban J connectivity index is 2.75. The minimum absolute atomic E-state index is 0.261. The Kier molecular flexibility index (Phi) is 1.71. The first-order valence-corrected chi connectivity index (χ1v) is 3.82. The van der Waals surface area contributed by atoms with Gasteiger partial charge in [0.1, 0.15) is 11.5 Å². The van der Waals surface area contributed by atoms with Gasteiger partial charge in [0.25, 0.3) is 0 Å². The molecule has 2 rings (SSSR count). The van der Waals surface area contributed by atoms with Crippen LogP contribution in [0.1, 0.15) is 5.69 Å². The molecular weight excluding hydrogens is 165 g/mol. The van der Waals surface area contributed by atoms with E-state index in [2.05, 4.69) is 10.9 Å². The van der Waals surface area contributed by atoms with Crippen molar-refractivity contribution in [2.75, 3.05) is 0 Å². The average molecular weight is 171 g/mol. The fourth-order valence-electron chi connectivity index (χ4n) is 1.18. The normalized spacial score (nSPS) is 9.85. The Labute approximate surface area is 75.2 Å². The third-order valence-corrected chi connectivity index (χ3v) is 1.80. The molecule has 0 amide bonds. The van der Waals surface area contributed by atoms with Crippen LogP contribution in [0.25, 0.3) is 10.9 Å². The minimum Gasteiger partial charge on any atom is -0.239 e. The highest BCUT2D eigenvalue weighted by Crippen LogP contribution is 2.13. The van der Waals surface area contributed by atoms with Crippen molar-refractivity contribution in [1.29, 1.82) is 0 Å². The summed E-state index contributed by atoms with van der Waals surface area (Å²) in [7, 11) is 0. The summed E-state index contributed by atoms with van der Waals surface area (Å²) in [5.74, 6) is 2.17. The highest BCUT2D eigenvalue weighted by atomic mass is 19.1. The summed E-state index contributed by atoms with van der Waals surface area (Å²) < 4.78 is 12.8. The van der Waals surface area contributed by atoms with E-state index in [1.54, 1.807) is 18.2 Å². The summed E-state index contributed by atoms with van der Waals surface area (Å²) in [6, 6.07) is 7.88. The summed E-state index contributed by atoms with van der Waals surface area (Å²) >= 11 is 0. The first kappa shape index (κ1) is 7.75. The van der Waals surface area contributed by atoms with Gasteiger partial charge in [-0.25, -0.2) is 9.37 Å². The lowest BCUT2D eigenvalue weighted by Crippen LogP contribution is -1.84. The van der Waals surface area contributed by atoms with Crippen molar-refractivity contribution in [2.45, 2.75) is 0 Å². The van der Waals surface area contributed by atoms with Gasteiger partial charge < -0.3 is 0 Å². The lowest BCUT2D eigenvalue weighted by atomic mass is 10.2. The van der Waals surface area contributed by atoms with Crippen LogP contribution in [0.15, 0.2) is 30.3 Å². The van der Waals surface area contributed by atoms with Crippen LogP contribution in [-0.4, -0.2) is 4.98 Å². The zero-order chi connectivity index (χ0) is 9.26. The summed E-state index contributed by atoms with van der Waals surface area (Å²) in [6.07, 6.45) is 5.18. The number of hydrogen-bond donors (Lipinski definition) is 0. The fourth-order valence-corrected chi connectivity index (χ4v) is 1.18. The lowest BCUT2D eigenvalue weighted by molar-refractivity contribution is 0.629. The van der Waals surface area contributed by atoms with E-state index >= 15 is 0 Å². The Bertz CT molecular complexity index is 497. The van der Waals surface area contributed by atoms with Crippen LogP contribution >= 0.6 is 0 Å².